The third-order valence-electron chi connectivity index (χ3n) is 6.39. The summed E-state index contributed by atoms with van der Waals surface area (Å²) in [7, 11) is 4.71. The molecule has 208 valence electrons. The van der Waals surface area contributed by atoms with E-state index in [1.165, 1.54) is 7.11 Å². The fourth-order valence-corrected chi connectivity index (χ4v) is 4.20. The Bertz CT molecular complexity index is 1520. The number of amides is 2. The van der Waals surface area contributed by atoms with E-state index in [9.17, 15) is 9.59 Å². The van der Waals surface area contributed by atoms with Gasteiger partial charge in [0.05, 0.1) is 44.0 Å². The van der Waals surface area contributed by atoms with E-state index in [-0.39, 0.29) is 30.4 Å². The number of hydrogen-bond donors (Lipinski definition) is 4. The van der Waals surface area contributed by atoms with Crippen LogP contribution in [0.25, 0.3) is 22.2 Å². The first-order valence-corrected chi connectivity index (χ1v) is 12.7. The van der Waals surface area contributed by atoms with Gasteiger partial charge < -0.3 is 39.9 Å². The lowest BCUT2D eigenvalue weighted by Gasteiger charge is -2.26. The first-order chi connectivity index (χ1) is 19.5. The maximum Gasteiger partial charge on any atom is 0.251 e. The second-order valence-electron chi connectivity index (χ2n) is 9.02. The summed E-state index contributed by atoms with van der Waals surface area (Å²) in [5.74, 6) is 0.711. The smallest absolute Gasteiger partial charge is 0.251 e. The van der Waals surface area contributed by atoms with Gasteiger partial charge in [-0.1, -0.05) is 12.1 Å². The highest BCUT2D eigenvalue weighted by Gasteiger charge is 2.22. The molecule has 1 saturated heterocycles. The van der Waals surface area contributed by atoms with Gasteiger partial charge in [0.25, 0.3) is 11.8 Å². The minimum atomic E-state index is -0.202. The monoisotopic (exact) mass is 546 g/mol. The number of fused-ring (bicyclic) bond motifs is 1. The predicted molar refractivity (Wildman–Crippen MR) is 148 cm³/mol. The van der Waals surface area contributed by atoms with Crippen LogP contribution < -0.4 is 25.4 Å². The van der Waals surface area contributed by atoms with Crippen LogP contribution >= 0.6 is 0 Å². The van der Waals surface area contributed by atoms with Crippen molar-refractivity contribution < 1.29 is 28.5 Å². The standard InChI is InChI=1S/C28H30N6O6/c1-29-25(35)17-6-4-16(5-7-17)20-13-30-24-23(20)27(40-11-10-37-2)34-28(33-24)32-21-9-8-18(12-22(21)38-3)26(36)31-19-14-39-15-19/h4-9,12-13,19H,10-11,14-15H2,1-3H3,(H,29,35)(H,31,36)(H2,30,32,33,34). The zero-order valence-corrected chi connectivity index (χ0v) is 22.4. The molecule has 0 atom stereocenters. The number of aromatic nitrogens is 3. The molecule has 1 aliphatic heterocycles. The van der Waals surface area contributed by atoms with Gasteiger partial charge in [0.1, 0.15) is 18.0 Å². The summed E-state index contributed by atoms with van der Waals surface area (Å²) in [6, 6.07) is 12.3. The lowest BCUT2D eigenvalue weighted by Crippen LogP contribution is -2.48. The van der Waals surface area contributed by atoms with Gasteiger partial charge in [-0.3, -0.25) is 9.59 Å². The van der Waals surface area contributed by atoms with E-state index in [1.807, 2.05) is 18.3 Å². The predicted octanol–water partition coefficient (Wildman–Crippen LogP) is 2.89. The van der Waals surface area contributed by atoms with E-state index in [1.54, 1.807) is 44.5 Å². The van der Waals surface area contributed by atoms with E-state index < -0.39 is 0 Å². The summed E-state index contributed by atoms with van der Waals surface area (Å²) in [5.41, 5.74) is 3.83. The Morgan fingerprint density at radius 1 is 1.02 bits per heavy atom. The van der Waals surface area contributed by atoms with Crippen molar-refractivity contribution >= 4 is 34.5 Å². The van der Waals surface area contributed by atoms with Crippen molar-refractivity contribution in [1.29, 1.82) is 0 Å². The normalized spacial score (nSPS) is 13.0. The van der Waals surface area contributed by atoms with Crippen LogP contribution in [0.4, 0.5) is 11.6 Å². The highest BCUT2D eigenvalue weighted by molar-refractivity contribution is 5.99. The third kappa shape index (κ3) is 5.67. The zero-order valence-electron chi connectivity index (χ0n) is 22.4. The maximum absolute atomic E-state index is 12.6. The minimum Gasteiger partial charge on any atom is -0.495 e. The molecule has 12 heteroatoms. The molecule has 0 unspecified atom stereocenters. The second kappa shape index (κ2) is 12.0. The van der Waals surface area contributed by atoms with Crippen molar-refractivity contribution in [2.75, 3.05) is 53.0 Å². The molecule has 2 aromatic heterocycles. The minimum absolute atomic E-state index is 0.0208. The summed E-state index contributed by atoms with van der Waals surface area (Å²) >= 11 is 0. The summed E-state index contributed by atoms with van der Waals surface area (Å²) in [6.45, 7) is 1.68. The molecular weight excluding hydrogens is 516 g/mol. The van der Waals surface area contributed by atoms with E-state index in [0.717, 1.165) is 11.1 Å². The van der Waals surface area contributed by atoms with Crippen molar-refractivity contribution in [2.45, 2.75) is 6.04 Å². The van der Waals surface area contributed by atoms with Crippen LogP contribution in [0, 0.1) is 0 Å². The lowest BCUT2D eigenvalue weighted by atomic mass is 10.0. The van der Waals surface area contributed by atoms with Gasteiger partial charge in [0, 0.05) is 37.0 Å². The highest BCUT2D eigenvalue weighted by Crippen LogP contribution is 2.36. The molecule has 2 amide bonds. The Morgan fingerprint density at radius 3 is 2.48 bits per heavy atom. The van der Waals surface area contributed by atoms with Crippen LogP contribution in [-0.4, -0.2) is 80.5 Å². The number of anilines is 2. The molecule has 0 bridgehead atoms. The number of benzene rings is 2. The van der Waals surface area contributed by atoms with Crippen molar-refractivity contribution in [3.63, 3.8) is 0 Å². The third-order valence-corrected chi connectivity index (χ3v) is 6.39. The molecule has 40 heavy (non-hydrogen) atoms. The Labute approximate surface area is 230 Å². The van der Waals surface area contributed by atoms with Crippen LogP contribution in [0.1, 0.15) is 20.7 Å². The molecule has 3 heterocycles. The maximum atomic E-state index is 12.6. The Balaban J connectivity index is 1.45. The Morgan fingerprint density at radius 2 is 1.80 bits per heavy atom. The van der Waals surface area contributed by atoms with Crippen LogP contribution in [0.2, 0.25) is 0 Å². The topological polar surface area (TPSA) is 149 Å². The SMILES string of the molecule is CNC(=O)c1ccc(-c2c[nH]c3nc(Nc4ccc(C(=O)NC5COC5)cc4OC)nc(OCCOC)c23)cc1. The average molecular weight is 547 g/mol. The molecule has 0 spiro atoms. The van der Waals surface area contributed by atoms with Gasteiger partial charge in [-0.2, -0.15) is 9.97 Å². The molecular formula is C28H30N6O6. The summed E-state index contributed by atoms with van der Waals surface area (Å²) < 4.78 is 21.8. The van der Waals surface area contributed by atoms with Crippen LogP contribution in [0.15, 0.2) is 48.7 Å². The molecule has 0 saturated carbocycles. The van der Waals surface area contributed by atoms with Gasteiger partial charge in [-0.15, -0.1) is 0 Å². The zero-order chi connectivity index (χ0) is 28.1. The van der Waals surface area contributed by atoms with Crippen LogP contribution in [0.5, 0.6) is 11.6 Å². The molecule has 5 rings (SSSR count). The van der Waals surface area contributed by atoms with E-state index in [2.05, 4.69) is 30.9 Å². The Kier molecular flexibility index (Phi) is 8.08. The van der Waals surface area contributed by atoms with Crippen molar-refractivity contribution in [3.05, 3.63) is 59.8 Å². The van der Waals surface area contributed by atoms with E-state index >= 15 is 0 Å². The highest BCUT2D eigenvalue weighted by atomic mass is 16.5. The summed E-state index contributed by atoms with van der Waals surface area (Å²) in [6.07, 6.45) is 1.82. The van der Waals surface area contributed by atoms with Crippen LogP contribution in [0.3, 0.4) is 0 Å². The van der Waals surface area contributed by atoms with Gasteiger partial charge in [0.15, 0.2) is 0 Å². The van der Waals surface area contributed by atoms with E-state index in [0.29, 0.717) is 59.3 Å². The number of aromatic amines is 1. The quantitative estimate of drug-likeness (QED) is 0.208. The van der Waals surface area contributed by atoms with Gasteiger partial charge >= 0.3 is 0 Å². The first-order valence-electron chi connectivity index (χ1n) is 12.7. The second-order valence-corrected chi connectivity index (χ2v) is 9.02. The molecule has 12 nitrogen and oxygen atoms in total. The molecule has 4 N–H and O–H groups in total. The molecule has 4 aromatic rings. The number of hydrogen-bond acceptors (Lipinski definition) is 9. The summed E-state index contributed by atoms with van der Waals surface area (Å²) in [4.78, 5) is 37.0. The summed E-state index contributed by atoms with van der Waals surface area (Å²) in [5, 5.41) is 9.40. The molecule has 2 aromatic carbocycles. The number of methoxy groups -OCH3 is 2. The van der Waals surface area contributed by atoms with E-state index in [4.69, 9.17) is 18.9 Å². The first kappa shape index (κ1) is 26.9. The molecule has 0 aliphatic carbocycles. The fraction of sp³-hybridized carbons (Fsp3) is 0.286. The fourth-order valence-electron chi connectivity index (χ4n) is 4.20. The average Bonchev–Trinajstić information content (AvgIpc) is 3.39. The number of H-pyrrole nitrogens is 1. The van der Waals surface area contributed by atoms with Crippen molar-refractivity contribution in [1.82, 2.24) is 25.6 Å². The number of carbonyl (C=O) groups is 2. The van der Waals surface area contributed by atoms with Gasteiger partial charge in [0.2, 0.25) is 11.8 Å². The number of nitrogens with one attached hydrogen (secondary N) is 4. The number of nitrogens with zero attached hydrogens (tertiary/aromatic N) is 2. The Hall–Kier alpha value is -4.68. The lowest BCUT2D eigenvalue weighted by molar-refractivity contribution is -0.00346. The van der Waals surface area contributed by atoms with Crippen molar-refractivity contribution in [3.8, 4) is 22.8 Å². The van der Waals surface area contributed by atoms with Gasteiger partial charge in [-0.25, -0.2) is 0 Å². The number of carbonyl (C=O) groups excluding carboxylic acids is 2. The molecule has 1 aliphatic rings. The van der Waals surface area contributed by atoms with Crippen LogP contribution in [-0.2, 0) is 9.47 Å². The largest absolute Gasteiger partial charge is 0.495 e. The van der Waals surface area contributed by atoms with Crippen molar-refractivity contribution in [2.24, 2.45) is 0 Å². The number of ether oxygens (including phenoxy) is 4. The molecule has 0 radical (unpaired) electrons. The molecule has 1 fully saturated rings. The number of rotatable bonds is 11. The van der Waals surface area contributed by atoms with Gasteiger partial charge in [-0.05, 0) is 35.9 Å².